The largest absolute Gasteiger partial charge is 0.378 e. The summed E-state index contributed by atoms with van der Waals surface area (Å²) in [6.45, 7) is 11.1. The average Bonchev–Trinajstić information content (AvgIpc) is 3.28. The van der Waals surface area contributed by atoms with Gasteiger partial charge in [-0.05, 0) is 71.3 Å². The van der Waals surface area contributed by atoms with Gasteiger partial charge in [0.1, 0.15) is 22.1 Å². The normalized spacial score (nSPS) is 19.4. The van der Waals surface area contributed by atoms with Gasteiger partial charge in [0.2, 0.25) is 5.91 Å². The van der Waals surface area contributed by atoms with Crippen LogP contribution in [0.3, 0.4) is 0 Å². The molecule has 3 heterocycles. The van der Waals surface area contributed by atoms with E-state index < -0.39 is 5.54 Å². The molecule has 36 heavy (non-hydrogen) atoms. The molecule has 196 valence electrons. The lowest BCUT2D eigenvalue weighted by Crippen LogP contribution is -2.59. The Morgan fingerprint density at radius 1 is 1.14 bits per heavy atom. The van der Waals surface area contributed by atoms with Gasteiger partial charge in [-0.15, -0.1) is 0 Å². The van der Waals surface area contributed by atoms with Crippen LogP contribution in [0.1, 0.15) is 47.0 Å². The maximum atomic E-state index is 13.5. The smallest absolute Gasteiger partial charge is 0.251 e. The van der Waals surface area contributed by atoms with Gasteiger partial charge in [-0.3, -0.25) is 19.8 Å². The third-order valence-electron chi connectivity index (χ3n) is 6.76. The van der Waals surface area contributed by atoms with Gasteiger partial charge in [0, 0.05) is 24.7 Å². The van der Waals surface area contributed by atoms with Crippen LogP contribution >= 0.6 is 11.3 Å². The van der Waals surface area contributed by atoms with E-state index in [4.69, 9.17) is 9.72 Å². The summed E-state index contributed by atoms with van der Waals surface area (Å²) in [4.78, 5) is 35.5. The average molecular weight is 518 g/mol. The molecule has 8 nitrogen and oxygen atoms in total. The number of carbonyl (C=O) groups is 2. The van der Waals surface area contributed by atoms with Gasteiger partial charge in [-0.1, -0.05) is 17.8 Å². The molecule has 1 aromatic carbocycles. The Labute approximate surface area is 216 Å². The number of thiazole rings is 1. The van der Waals surface area contributed by atoms with Crippen LogP contribution in [0.5, 0.6) is 0 Å². The van der Waals surface area contributed by atoms with Gasteiger partial charge >= 0.3 is 0 Å². The zero-order valence-electron chi connectivity index (χ0n) is 21.5. The lowest BCUT2D eigenvalue weighted by atomic mass is 9.97. The number of hydrogen-bond acceptors (Lipinski definition) is 7. The first-order valence-electron chi connectivity index (χ1n) is 12.6. The summed E-state index contributed by atoms with van der Waals surface area (Å²) < 4.78 is 19.0. The number of nitrogens with one attached hydrogen (secondary N) is 2. The zero-order valence-corrected chi connectivity index (χ0v) is 22.3. The van der Waals surface area contributed by atoms with E-state index in [-0.39, 0.29) is 29.7 Å². The van der Waals surface area contributed by atoms with Crippen LogP contribution in [0.2, 0.25) is 0 Å². The Morgan fingerprint density at radius 3 is 2.50 bits per heavy atom. The molecule has 10 heteroatoms. The number of anilines is 2. The highest BCUT2D eigenvalue weighted by atomic mass is 32.1. The van der Waals surface area contributed by atoms with E-state index in [1.165, 1.54) is 23.5 Å². The second-order valence-corrected chi connectivity index (χ2v) is 11.2. The van der Waals surface area contributed by atoms with Crippen molar-refractivity contribution in [3.05, 3.63) is 30.1 Å². The molecule has 2 amide bonds. The first-order chi connectivity index (χ1) is 17.2. The minimum atomic E-state index is -1.13. The fourth-order valence-electron chi connectivity index (χ4n) is 4.70. The molecule has 2 fully saturated rings. The summed E-state index contributed by atoms with van der Waals surface area (Å²) in [6.07, 6.45) is 2.87. The van der Waals surface area contributed by atoms with Crippen LogP contribution in [0.4, 0.5) is 14.5 Å². The summed E-state index contributed by atoms with van der Waals surface area (Å²) in [5.74, 6) is -0.777. The lowest BCUT2D eigenvalue weighted by Gasteiger charge is -2.39. The first kappa shape index (κ1) is 26.5. The lowest BCUT2D eigenvalue weighted by molar-refractivity contribution is -0.134. The van der Waals surface area contributed by atoms with Crippen molar-refractivity contribution in [3.8, 4) is 11.3 Å². The van der Waals surface area contributed by atoms with Crippen molar-refractivity contribution in [2.24, 2.45) is 0 Å². The van der Waals surface area contributed by atoms with Gasteiger partial charge in [-0.2, -0.15) is 0 Å². The van der Waals surface area contributed by atoms with Crippen molar-refractivity contribution < 1.29 is 18.7 Å². The predicted molar refractivity (Wildman–Crippen MR) is 141 cm³/mol. The third-order valence-corrected chi connectivity index (χ3v) is 7.79. The van der Waals surface area contributed by atoms with Gasteiger partial charge in [0.15, 0.2) is 5.13 Å². The van der Waals surface area contributed by atoms with Crippen molar-refractivity contribution in [1.82, 2.24) is 15.2 Å². The number of amides is 2. The molecule has 1 atom stereocenters. The van der Waals surface area contributed by atoms with E-state index in [2.05, 4.69) is 34.3 Å². The Hall–Kier alpha value is -2.56. The van der Waals surface area contributed by atoms with Crippen LogP contribution in [0, 0.1) is 5.82 Å². The molecule has 0 saturated carbocycles. The van der Waals surface area contributed by atoms with Crippen molar-refractivity contribution in [2.75, 3.05) is 43.1 Å². The molecule has 0 aliphatic carbocycles. The highest BCUT2D eigenvalue weighted by molar-refractivity contribution is 7.20. The van der Waals surface area contributed by atoms with E-state index in [1.54, 1.807) is 26.0 Å². The molecular formula is C26H36FN5O3S. The number of piperidine rings is 1. The highest BCUT2D eigenvalue weighted by Gasteiger charge is 2.36. The topological polar surface area (TPSA) is 86.8 Å². The maximum absolute atomic E-state index is 13.5. The summed E-state index contributed by atoms with van der Waals surface area (Å²) >= 11 is 1.37. The summed E-state index contributed by atoms with van der Waals surface area (Å²) in [6, 6.07) is 6.21. The Morgan fingerprint density at radius 2 is 1.83 bits per heavy atom. The number of benzene rings is 1. The second-order valence-electron chi connectivity index (χ2n) is 10.2. The van der Waals surface area contributed by atoms with Gasteiger partial charge < -0.3 is 15.0 Å². The number of ether oxygens (including phenoxy) is 1. The Kier molecular flexibility index (Phi) is 8.27. The number of carbonyl (C=O) groups excluding carboxylic acids is 2. The monoisotopic (exact) mass is 517 g/mol. The van der Waals surface area contributed by atoms with E-state index in [0.29, 0.717) is 37.1 Å². The summed E-state index contributed by atoms with van der Waals surface area (Å²) in [7, 11) is 0. The zero-order chi connectivity index (χ0) is 25.9. The number of rotatable bonds is 7. The molecule has 1 aromatic heterocycles. The number of nitrogens with zero attached hydrogens (tertiary/aromatic N) is 3. The van der Waals surface area contributed by atoms with Crippen molar-refractivity contribution in [1.29, 1.82) is 0 Å². The molecule has 2 saturated heterocycles. The van der Waals surface area contributed by atoms with E-state index in [9.17, 15) is 14.0 Å². The van der Waals surface area contributed by atoms with Crippen LogP contribution in [0.25, 0.3) is 11.3 Å². The molecule has 2 aromatic rings. The molecule has 0 unspecified atom stereocenters. The summed E-state index contributed by atoms with van der Waals surface area (Å²) in [5, 5.41) is 7.22. The minimum Gasteiger partial charge on any atom is -0.378 e. The number of aromatic nitrogens is 1. The number of likely N-dealkylation sites (tertiary alicyclic amines) is 1. The Balaban J connectivity index is 1.51. The molecule has 2 aliphatic rings. The van der Waals surface area contributed by atoms with Crippen LogP contribution in [-0.2, 0) is 14.3 Å². The van der Waals surface area contributed by atoms with Crippen LogP contribution in [-0.4, -0.2) is 72.2 Å². The summed E-state index contributed by atoms with van der Waals surface area (Å²) in [5.41, 5.74) is 0.333. The van der Waals surface area contributed by atoms with E-state index >= 15 is 0 Å². The molecule has 2 aliphatic heterocycles. The molecule has 0 spiro atoms. The highest BCUT2D eigenvalue weighted by Crippen LogP contribution is 2.39. The first-order valence-corrected chi connectivity index (χ1v) is 13.5. The van der Waals surface area contributed by atoms with Crippen molar-refractivity contribution >= 4 is 33.3 Å². The fraction of sp³-hybridized carbons (Fsp3) is 0.577. The predicted octanol–water partition coefficient (Wildman–Crippen LogP) is 3.88. The maximum Gasteiger partial charge on any atom is 0.251 e. The molecular weight excluding hydrogens is 481 g/mol. The SMILES string of the molecule is CC(C)N1CCCC[C@H]1C(=O)NC(C)(C)C(=O)Nc1nc(-c2ccc(F)cc2)c(N2CCOCC2)s1. The fourth-order valence-corrected chi connectivity index (χ4v) is 5.73. The standard InChI is InChI=1S/C26H36FN5O3S/c1-17(2)32-12-6-5-7-20(32)22(33)30-26(3,4)24(34)29-25-28-21(18-8-10-19(27)11-9-18)23(36-25)31-13-15-35-16-14-31/h8-11,17,20H,5-7,12-16H2,1-4H3,(H,30,33)(H,28,29,34)/t20-/m0/s1. The van der Waals surface area contributed by atoms with Crippen molar-refractivity contribution in [3.63, 3.8) is 0 Å². The third kappa shape index (κ3) is 6.04. The quantitative estimate of drug-likeness (QED) is 0.580. The number of morpholine rings is 1. The van der Waals surface area contributed by atoms with Gasteiger partial charge in [-0.25, -0.2) is 9.37 Å². The van der Waals surface area contributed by atoms with Crippen LogP contribution in [0.15, 0.2) is 24.3 Å². The molecule has 0 radical (unpaired) electrons. The minimum absolute atomic E-state index is 0.122. The molecule has 2 N–H and O–H groups in total. The Bertz CT molecular complexity index is 1070. The van der Waals surface area contributed by atoms with Gasteiger partial charge in [0.25, 0.3) is 5.91 Å². The van der Waals surface area contributed by atoms with E-state index in [1.807, 2.05) is 0 Å². The van der Waals surface area contributed by atoms with Crippen LogP contribution < -0.4 is 15.5 Å². The second kappa shape index (κ2) is 11.2. The number of hydrogen-bond donors (Lipinski definition) is 2. The van der Waals surface area contributed by atoms with E-state index in [0.717, 1.165) is 36.4 Å². The molecule has 4 rings (SSSR count). The molecule has 0 bridgehead atoms. The van der Waals surface area contributed by atoms with Crippen molar-refractivity contribution in [2.45, 2.75) is 64.6 Å². The van der Waals surface area contributed by atoms with Gasteiger partial charge in [0.05, 0.1) is 19.3 Å². The number of halogens is 1.